The van der Waals surface area contributed by atoms with E-state index >= 15 is 0 Å². The Morgan fingerprint density at radius 3 is 2.44 bits per heavy atom. The first-order chi connectivity index (χ1) is 7.47. The molecule has 1 nitrogen and oxygen atoms in total. The fourth-order valence-corrected chi connectivity index (χ4v) is 1.94. The van der Waals surface area contributed by atoms with Gasteiger partial charge in [0.15, 0.2) is 0 Å². The van der Waals surface area contributed by atoms with Gasteiger partial charge >= 0.3 is 0 Å². The topological polar surface area (TPSA) is 12.0 Å². The highest BCUT2D eigenvalue weighted by Crippen LogP contribution is 2.31. The zero-order chi connectivity index (χ0) is 12.2. The van der Waals surface area contributed by atoms with E-state index in [9.17, 15) is 0 Å². The molecule has 0 bridgehead atoms. The van der Waals surface area contributed by atoms with Gasteiger partial charge < -0.3 is 5.32 Å². The lowest BCUT2D eigenvalue weighted by molar-refractivity contribution is 0.461. The lowest BCUT2D eigenvalue weighted by Crippen LogP contribution is -2.25. The molecule has 0 aliphatic heterocycles. The van der Waals surface area contributed by atoms with Crippen LogP contribution in [0.25, 0.3) is 0 Å². The van der Waals surface area contributed by atoms with Gasteiger partial charge in [0.05, 0.1) is 10.0 Å². The van der Waals surface area contributed by atoms with Gasteiger partial charge in [0, 0.05) is 0 Å². The van der Waals surface area contributed by atoms with Gasteiger partial charge in [-0.05, 0) is 42.6 Å². The highest BCUT2D eigenvalue weighted by atomic mass is 35.5. The third-order valence-electron chi connectivity index (χ3n) is 2.88. The van der Waals surface area contributed by atoms with Crippen LogP contribution in [0.3, 0.4) is 0 Å². The molecule has 0 radical (unpaired) electrons. The van der Waals surface area contributed by atoms with Crippen LogP contribution in [0.4, 0.5) is 0 Å². The van der Waals surface area contributed by atoms with E-state index in [1.807, 2.05) is 12.1 Å². The number of hydrogen-bond acceptors (Lipinski definition) is 1. The first-order valence-corrected chi connectivity index (χ1v) is 6.39. The van der Waals surface area contributed by atoms with E-state index in [0.717, 1.165) is 19.5 Å². The number of nitrogens with one attached hydrogen (secondary N) is 1. The lowest BCUT2D eigenvalue weighted by Gasteiger charge is -2.25. The van der Waals surface area contributed by atoms with E-state index in [0.29, 0.717) is 10.0 Å². The van der Waals surface area contributed by atoms with Crippen LogP contribution >= 0.6 is 23.2 Å². The van der Waals surface area contributed by atoms with Gasteiger partial charge in [0.2, 0.25) is 0 Å². The minimum absolute atomic E-state index is 0.121. The molecule has 0 unspecified atom stereocenters. The monoisotopic (exact) mass is 259 g/mol. The normalized spacial score (nSPS) is 11.8. The van der Waals surface area contributed by atoms with Crippen LogP contribution in [0.15, 0.2) is 18.2 Å². The number of halogens is 2. The van der Waals surface area contributed by atoms with Gasteiger partial charge in [-0.15, -0.1) is 0 Å². The molecule has 1 N–H and O–H groups in total. The summed E-state index contributed by atoms with van der Waals surface area (Å²) in [6.45, 7) is 8.60. The Hall–Kier alpha value is -0.240. The second-order valence-electron chi connectivity index (χ2n) is 4.62. The van der Waals surface area contributed by atoms with Crippen molar-refractivity contribution in [1.82, 2.24) is 5.32 Å². The zero-order valence-corrected chi connectivity index (χ0v) is 11.6. The number of rotatable bonds is 5. The van der Waals surface area contributed by atoms with Gasteiger partial charge in [0.1, 0.15) is 0 Å². The predicted molar refractivity (Wildman–Crippen MR) is 72.6 cm³/mol. The van der Waals surface area contributed by atoms with Crippen molar-refractivity contribution in [3.63, 3.8) is 0 Å². The van der Waals surface area contributed by atoms with Crippen LogP contribution in [-0.4, -0.2) is 13.1 Å². The largest absolute Gasteiger partial charge is 0.317 e. The predicted octanol–water partition coefficient (Wildman–Crippen LogP) is 4.27. The van der Waals surface area contributed by atoms with Gasteiger partial charge in [0.25, 0.3) is 0 Å². The molecule has 0 heterocycles. The van der Waals surface area contributed by atoms with E-state index < -0.39 is 0 Å². The Balaban J connectivity index is 2.76. The van der Waals surface area contributed by atoms with E-state index in [2.05, 4.69) is 32.2 Å². The average molecular weight is 260 g/mol. The quantitative estimate of drug-likeness (QED) is 0.779. The van der Waals surface area contributed by atoms with Crippen molar-refractivity contribution >= 4 is 23.2 Å². The number of benzene rings is 1. The third kappa shape index (κ3) is 3.65. The molecule has 1 rings (SSSR count). The summed E-state index contributed by atoms with van der Waals surface area (Å²) >= 11 is 11.9. The summed E-state index contributed by atoms with van der Waals surface area (Å²) in [5, 5.41) is 4.59. The third-order valence-corrected chi connectivity index (χ3v) is 3.62. The van der Waals surface area contributed by atoms with Crippen LogP contribution in [0, 0.1) is 0 Å². The van der Waals surface area contributed by atoms with E-state index in [-0.39, 0.29) is 5.41 Å². The molecule has 0 aromatic heterocycles. The van der Waals surface area contributed by atoms with Gasteiger partial charge in [-0.3, -0.25) is 0 Å². The van der Waals surface area contributed by atoms with Crippen molar-refractivity contribution in [2.45, 2.75) is 32.6 Å². The van der Waals surface area contributed by atoms with Crippen LogP contribution < -0.4 is 5.32 Å². The Morgan fingerprint density at radius 1 is 1.19 bits per heavy atom. The van der Waals surface area contributed by atoms with Gasteiger partial charge in [-0.2, -0.15) is 0 Å². The first-order valence-electron chi connectivity index (χ1n) is 5.63. The summed E-state index contributed by atoms with van der Waals surface area (Å²) in [6, 6.07) is 5.89. The van der Waals surface area contributed by atoms with Gasteiger partial charge in [-0.1, -0.05) is 50.0 Å². The number of hydrogen-bond donors (Lipinski definition) is 1. The van der Waals surface area contributed by atoms with Gasteiger partial charge in [-0.25, -0.2) is 0 Å². The molecule has 3 heteroatoms. The van der Waals surface area contributed by atoms with E-state index in [4.69, 9.17) is 23.2 Å². The summed E-state index contributed by atoms with van der Waals surface area (Å²) < 4.78 is 0. The molecular formula is C13H19Cl2N. The molecule has 90 valence electrons. The smallest absolute Gasteiger partial charge is 0.0595 e. The first kappa shape index (κ1) is 13.8. The summed E-state index contributed by atoms with van der Waals surface area (Å²) in [5.41, 5.74) is 1.36. The molecule has 0 spiro atoms. The fraction of sp³-hybridized carbons (Fsp3) is 0.538. The van der Waals surface area contributed by atoms with Crippen LogP contribution in [0.1, 0.15) is 32.8 Å². The van der Waals surface area contributed by atoms with Crippen LogP contribution in [0.2, 0.25) is 10.0 Å². The Labute approximate surface area is 108 Å². The SMILES string of the molecule is CCNCCC(C)(C)c1ccc(Cl)c(Cl)c1. The highest BCUT2D eigenvalue weighted by Gasteiger charge is 2.20. The van der Waals surface area contributed by atoms with Crippen LogP contribution in [0.5, 0.6) is 0 Å². The summed E-state index contributed by atoms with van der Waals surface area (Å²) in [4.78, 5) is 0. The Bertz CT molecular complexity index is 348. The standard InChI is InChI=1S/C13H19Cl2N/c1-4-16-8-7-13(2,3)10-5-6-11(14)12(15)9-10/h5-6,9,16H,4,7-8H2,1-3H3. The second kappa shape index (κ2) is 5.90. The van der Waals surface area contributed by atoms with E-state index in [1.54, 1.807) is 0 Å². The fourth-order valence-electron chi connectivity index (χ4n) is 1.64. The molecule has 1 aromatic carbocycles. The summed E-state index contributed by atoms with van der Waals surface area (Å²) in [5.74, 6) is 0. The molecule has 1 aromatic rings. The Kier molecular flexibility index (Phi) is 5.10. The Morgan fingerprint density at radius 2 is 1.88 bits per heavy atom. The van der Waals surface area contributed by atoms with E-state index in [1.165, 1.54) is 5.56 Å². The molecule has 16 heavy (non-hydrogen) atoms. The zero-order valence-electron chi connectivity index (χ0n) is 10.1. The second-order valence-corrected chi connectivity index (χ2v) is 5.43. The average Bonchev–Trinajstić information content (AvgIpc) is 2.22. The minimum Gasteiger partial charge on any atom is -0.317 e. The van der Waals surface area contributed by atoms with Crippen LogP contribution in [-0.2, 0) is 5.41 Å². The molecule has 0 fully saturated rings. The molecule has 0 aliphatic carbocycles. The maximum Gasteiger partial charge on any atom is 0.0595 e. The van der Waals surface area contributed by atoms with Crippen molar-refractivity contribution in [3.8, 4) is 0 Å². The molecular weight excluding hydrogens is 241 g/mol. The molecule has 0 amide bonds. The van der Waals surface area contributed by atoms with Crippen molar-refractivity contribution in [2.75, 3.05) is 13.1 Å². The van der Waals surface area contributed by atoms with Crippen molar-refractivity contribution < 1.29 is 0 Å². The van der Waals surface area contributed by atoms with Crippen molar-refractivity contribution in [3.05, 3.63) is 33.8 Å². The summed E-state index contributed by atoms with van der Waals surface area (Å²) in [7, 11) is 0. The highest BCUT2D eigenvalue weighted by molar-refractivity contribution is 6.42. The summed E-state index contributed by atoms with van der Waals surface area (Å²) in [6.07, 6.45) is 1.08. The lowest BCUT2D eigenvalue weighted by atomic mass is 9.81. The molecule has 0 saturated heterocycles. The molecule has 0 aliphatic rings. The molecule has 0 saturated carbocycles. The minimum atomic E-state index is 0.121. The van der Waals surface area contributed by atoms with Crippen molar-refractivity contribution in [2.24, 2.45) is 0 Å². The maximum absolute atomic E-state index is 6.03. The maximum atomic E-state index is 6.03. The molecule has 0 atom stereocenters. The van der Waals surface area contributed by atoms with Crippen molar-refractivity contribution in [1.29, 1.82) is 0 Å².